The molecular weight excluding hydrogens is 396 g/mol. The van der Waals surface area contributed by atoms with Gasteiger partial charge in [-0.1, -0.05) is 44.2 Å². The SMILES string of the molecule is COc1ccc([C@@H]2CCCCCN2CC(=O)NN2C(=O)NC3(CCCCC3)C2=O)cc1. The van der Waals surface area contributed by atoms with Crippen LogP contribution in [0.5, 0.6) is 5.75 Å². The molecule has 8 heteroatoms. The standard InChI is InChI=1S/C23H32N4O4/c1-31-18-11-9-17(10-12-18)19-8-4-2-7-15-26(19)16-20(28)25-27-21(29)23(24-22(27)30)13-5-3-6-14-23/h9-12,19H,2-8,13-16H2,1H3,(H,24,30)(H,25,28)/t19-/m0/s1. The number of nitrogens with one attached hydrogen (secondary N) is 2. The van der Waals surface area contributed by atoms with E-state index >= 15 is 0 Å². The van der Waals surface area contributed by atoms with Crippen molar-refractivity contribution in [3.63, 3.8) is 0 Å². The number of hydrogen-bond donors (Lipinski definition) is 2. The van der Waals surface area contributed by atoms with E-state index in [4.69, 9.17) is 4.74 Å². The summed E-state index contributed by atoms with van der Waals surface area (Å²) >= 11 is 0. The average Bonchev–Trinajstić information content (AvgIpc) is 2.94. The van der Waals surface area contributed by atoms with Crippen molar-refractivity contribution in [3.05, 3.63) is 29.8 Å². The summed E-state index contributed by atoms with van der Waals surface area (Å²) < 4.78 is 5.26. The van der Waals surface area contributed by atoms with Crippen LogP contribution in [-0.4, -0.2) is 53.5 Å². The quantitative estimate of drug-likeness (QED) is 0.704. The molecule has 0 unspecified atom stereocenters. The molecular formula is C23H32N4O4. The number of benzene rings is 1. The number of carbonyl (C=O) groups excluding carboxylic acids is 3. The van der Waals surface area contributed by atoms with Crippen LogP contribution in [0.2, 0.25) is 0 Å². The number of ether oxygens (including phenoxy) is 1. The van der Waals surface area contributed by atoms with Crippen molar-refractivity contribution in [3.8, 4) is 5.75 Å². The van der Waals surface area contributed by atoms with Crippen molar-refractivity contribution in [2.24, 2.45) is 0 Å². The summed E-state index contributed by atoms with van der Waals surface area (Å²) in [5, 5.41) is 3.73. The first kappa shape index (κ1) is 21.6. The van der Waals surface area contributed by atoms with Crippen molar-refractivity contribution in [1.82, 2.24) is 20.7 Å². The number of hydrogen-bond acceptors (Lipinski definition) is 5. The minimum absolute atomic E-state index is 0.118. The molecule has 0 bridgehead atoms. The number of imide groups is 1. The molecule has 8 nitrogen and oxygen atoms in total. The lowest BCUT2D eigenvalue weighted by molar-refractivity contribution is -0.140. The van der Waals surface area contributed by atoms with Gasteiger partial charge in [0.25, 0.3) is 11.8 Å². The molecule has 168 valence electrons. The normalized spacial score (nSPS) is 24.0. The van der Waals surface area contributed by atoms with Crippen LogP contribution in [0.15, 0.2) is 24.3 Å². The summed E-state index contributed by atoms with van der Waals surface area (Å²) in [6.45, 7) is 0.939. The summed E-state index contributed by atoms with van der Waals surface area (Å²) in [6.07, 6.45) is 8.36. The Morgan fingerprint density at radius 1 is 1.10 bits per heavy atom. The average molecular weight is 429 g/mol. The topological polar surface area (TPSA) is 91.0 Å². The molecule has 2 aliphatic heterocycles. The summed E-state index contributed by atoms with van der Waals surface area (Å²) in [6, 6.07) is 7.56. The Morgan fingerprint density at radius 3 is 2.52 bits per heavy atom. The molecule has 2 N–H and O–H groups in total. The van der Waals surface area contributed by atoms with Gasteiger partial charge < -0.3 is 10.1 Å². The van der Waals surface area contributed by atoms with Gasteiger partial charge in [0.1, 0.15) is 11.3 Å². The summed E-state index contributed by atoms with van der Waals surface area (Å²) in [5.41, 5.74) is 2.89. The van der Waals surface area contributed by atoms with Crippen LogP contribution >= 0.6 is 0 Å². The van der Waals surface area contributed by atoms with Crippen molar-refractivity contribution in [2.45, 2.75) is 69.4 Å². The van der Waals surface area contributed by atoms with Gasteiger partial charge in [-0.25, -0.2) is 4.79 Å². The highest BCUT2D eigenvalue weighted by atomic mass is 16.5. The third-order valence-corrected chi connectivity index (χ3v) is 6.82. The van der Waals surface area contributed by atoms with Crippen molar-refractivity contribution in [2.75, 3.05) is 20.2 Å². The van der Waals surface area contributed by atoms with E-state index in [0.29, 0.717) is 12.8 Å². The second kappa shape index (κ2) is 9.26. The maximum absolute atomic E-state index is 12.9. The third-order valence-electron chi connectivity index (χ3n) is 6.82. The molecule has 4 rings (SSSR count). The van der Waals surface area contributed by atoms with E-state index in [9.17, 15) is 14.4 Å². The molecule has 0 aromatic heterocycles. The van der Waals surface area contributed by atoms with Crippen molar-refractivity contribution in [1.29, 1.82) is 0 Å². The number of likely N-dealkylation sites (tertiary alicyclic amines) is 1. The van der Waals surface area contributed by atoms with Gasteiger partial charge in [0.05, 0.1) is 13.7 Å². The van der Waals surface area contributed by atoms with Gasteiger partial charge in [0, 0.05) is 6.04 Å². The van der Waals surface area contributed by atoms with E-state index in [1.54, 1.807) is 7.11 Å². The fraction of sp³-hybridized carbons (Fsp3) is 0.609. The zero-order valence-electron chi connectivity index (χ0n) is 18.2. The van der Waals surface area contributed by atoms with Crippen molar-refractivity contribution >= 4 is 17.8 Å². The number of nitrogens with zero attached hydrogens (tertiary/aromatic N) is 2. The van der Waals surface area contributed by atoms with E-state index in [1.807, 2.05) is 24.3 Å². The smallest absolute Gasteiger partial charge is 0.344 e. The molecule has 2 saturated heterocycles. The third kappa shape index (κ3) is 4.54. The number of amides is 4. The molecule has 4 amide bonds. The monoisotopic (exact) mass is 428 g/mol. The van der Waals surface area contributed by atoms with Gasteiger partial charge in [0.15, 0.2) is 0 Å². The Kier molecular flexibility index (Phi) is 6.46. The van der Waals surface area contributed by atoms with Gasteiger partial charge >= 0.3 is 6.03 Å². The van der Waals surface area contributed by atoms with Crippen LogP contribution < -0.4 is 15.5 Å². The highest BCUT2D eigenvalue weighted by molar-refractivity contribution is 6.08. The highest BCUT2D eigenvalue weighted by Crippen LogP contribution is 2.33. The van der Waals surface area contributed by atoms with Gasteiger partial charge in [-0.2, -0.15) is 5.01 Å². The first-order chi connectivity index (χ1) is 15.0. The number of rotatable bonds is 5. The molecule has 3 fully saturated rings. The maximum Gasteiger partial charge on any atom is 0.344 e. The van der Waals surface area contributed by atoms with Crippen LogP contribution in [0.3, 0.4) is 0 Å². The fourth-order valence-electron chi connectivity index (χ4n) is 5.12. The lowest BCUT2D eigenvalue weighted by Crippen LogP contribution is -2.52. The van der Waals surface area contributed by atoms with Gasteiger partial charge in [-0.3, -0.25) is 19.9 Å². The Labute approximate surface area is 183 Å². The number of carbonyl (C=O) groups is 3. The molecule has 0 radical (unpaired) electrons. The van der Waals surface area contributed by atoms with Crippen LogP contribution in [0.25, 0.3) is 0 Å². The Hall–Kier alpha value is -2.61. The maximum atomic E-state index is 12.9. The zero-order valence-corrected chi connectivity index (χ0v) is 18.2. The number of hydrazine groups is 1. The molecule has 31 heavy (non-hydrogen) atoms. The van der Waals surface area contributed by atoms with E-state index in [2.05, 4.69) is 15.6 Å². The van der Waals surface area contributed by atoms with Crippen LogP contribution in [0, 0.1) is 0 Å². The molecule has 1 aromatic carbocycles. The van der Waals surface area contributed by atoms with E-state index in [-0.39, 0.29) is 24.4 Å². The van der Waals surface area contributed by atoms with E-state index in [0.717, 1.165) is 67.8 Å². The molecule has 1 spiro atoms. The number of methoxy groups -OCH3 is 1. The van der Waals surface area contributed by atoms with Crippen LogP contribution in [0.1, 0.15) is 69.4 Å². The largest absolute Gasteiger partial charge is 0.497 e. The van der Waals surface area contributed by atoms with Gasteiger partial charge in [-0.05, 0) is 49.9 Å². The second-order valence-electron chi connectivity index (χ2n) is 8.86. The lowest BCUT2D eigenvalue weighted by Gasteiger charge is -2.31. The minimum atomic E-state index is -0.836. The Balaban J connectivity index is 1.43. The zero-order chi connectivity index (χ0) is 21.8. The lowest BCUT2D eigenvalue weighted by atomic mass is 9.82. The molecule has 2 heterocycles. The first-order valence-electron chi connectivity index (χ1n) is 11.4. The predicted octanol–water partition coefficient (Wildman–Crippen LogP) is 2.90. The molecule has 1 aliphatic carbocycles. The molecule has 1 atom stereocenters. The van der Waals surface area contributed by atoms with Crippen molar-refractivity contribution < 1.29 is 19.1 Å². The Bertz CT molecular complexity index is 819. The fourth-order valence-corrected chi connectivity index (χ4v) is 5.12. The number of urea groups is 1. The summed E-state index contributed by atoms with van der Waals surface area (Å²) in [4.78, 5) is 40.4. The second-order valence-corrected chi connectivity index (χ2v) is 8.86. The summed E-state index contributed by atoms with van der Waals surface area (Å²) in [5.74, 6) is 0.141. The Morgan fingerprint density at radius 2 is 1.81 bits per heavy atom. The first-order valence-corrected chi connectivity index (χ1v) is 11.4. The van der Waals surface area contributed by atoms with E-state index in [1.165, 1.54) is 0 Å². The predicted molar refractivity (Wildman–Crippen MR) is 115 cm³/mol. The minimum Gasteiger partial charge on any atom is -0.497 e. The molecule has 1 saturated carbocycles. The van der Waals surface area contributed by atoms with Crippen LogP contribution in [0.4, 0.5) is 4.79 Å². The highest BCUT2D eigenvalue weighted by Gasteiger charge is 2.52. The van der Waals surface area contributed by atoms with Gasteiger partial charge in [-0.15, -0.1) is 0 Å². The summed E-state index contributed by atoms with van der Waals surface area (Å²) in [7, 11) is 1.64. The molecule has 3 aliphatic rings. The van der Waals surface area contributed by atoms with E-state index < -0.39 is 11.6 Å². The molecule has 1 aromatic rings. The van der Waals surface area contributed by atoms with Gasteiger partial charge in [0.2, 0.25) is 0 Å². The van der Waals surface area contributed by atoms with Crippen LogP contribution in [-0.2, 0) is 9.59 Å².